The summed E-state index contributed by atoms with van der Waals surface area (Å²) in [5, 5.41) is 8.75. The second-order valence-corrected chi connectivity index (χ2v) is 3.33. The molecule has 2 rings (SSSR count). The molecule has 1 aliphatic rings. The predicted molar refractivity (Wildman–Crippen MR) is 51.5 cm³/mol. The van der Waals surface area contributed by atoms with Crippen LogP contribution in [0.25, 0.3) is 0 Å². The van der Waals surface area contributed by atoms with Gasteiger partial charge in [-0.25, -0.2) is 0 Å². The van der Waals surface area contributed by atoms with Crippen LogP contribution in [0, 0.1) is 5.92 Å². The Morgan fingerprint density at radius 2 is 2.23 bits per heavy atom. The van der Waals surface area contributed by atoms with Crippen LogP contribution in [-0.2, 0) is 6.61 Å². The first-order chi connectivity index (χ1) is 5.81. The van der Waals surface area contributed by atoms with Crippen LogP contribution in [0.15, 0.2) is 16.5 Å². The monoisotopic (exact) mass is 203 g/mol. The van der Waals surface area contributed by atoms with E-state index in [2.05, 4.69) is 0 Å². The summed E-state index contributed by atoms with van der Waals surface area (Å²) < 4.78 is 5.32. The summed E-state index contributed by atoms with van der Waals surface area (Å²) in [5.41, 5.74) is 5.89. The van der Waals surface area contributed by atoms with Crippen molar-refractivity contribution in [3.8, 4) is 0 Å². The summed E-state index contributed by atoms with van der Waals surface area (Å²) in [7, 11) is 0. The maximum absolute atomic E-state index is 8.75. The van der Waals surface area contributed by atoms with Crippen LogP contribution in [0.1, 0.15) is 30.4 Å². The molecule has 1 saturated carbocycles. The van der Waals surface area contributed by atoms with Gasteiger partial charge in [0, 0.05) is 0 Å². The fourth-order valence-corrected chi connectivity index (χ4v) is 1.35. The van der Waals surface area contributed by atoms with Gasteiger partial charge in [-0.15, -0.1) is 12.4 Å². The molecule has 1 aromatic heterocycles. The molecular weight excluding hydrogens is 190 g/mol. The minimum absolute atomic E-state index is 0. The van der Waals surface area contributed by atoms with Crippen LogP contribution in [-0.4, -0.2) is 5.11 Å². The largest absolute Gasteiger partial charge is 0.462 e. The van der Waals surface area contributed by atoms with Crippen molar-refractivity contribution in [1.29, 1.82) is 0 Å². The second-order valence-electron chi connectivity index (χ2n) is 3.33. The number of furan rings is 1. The Bertz CT molecular complexity index is 270. The third kappa shape index (κ3) is 2.24. The Labute approximate surface area is 83.3 Å². The van der Waals surface area contributed by atoms with Crippen molar-refractivity contribution in [2.24, 2.45) is 11.7 Å². The maximum atomic E-state index is 8.75. The highest BCUT2D eigenvalue weighted by Gasteiger charge is 2.31. The summed E-state index contributed by atoms with van der Waals surface area (Å²) in [6.45, 7) is -0.0443. The smallest absolute Gasteiger partial charge is 0.129 e. The number of hydrogen-bond donors (Lipinski definition) is 2. The van der Waals surface area contributed by atoms with Crippen molar-refractivity contribution in [1.82, 2.24) is 0 Å². The van der Waals surface area contributed by atoms with Gasteiger partial charge in [-0.3, -0.25) is 0 Å². The van der Waals surface area contributed by atoms with E-state index in [4.69, 9.17) is 15.3 Å². The highest BCUT2D eigenvalue weighted by Crippen LogP contribution is 2.39. The first-order valence-electron chi connectivity index (χ1n) is 4.26. The van der Waals surface area contributed by atoms with Crippen LogP contribution < -0.4 is 5.73 Å². The van der Waals surface area contributed by atoms with Gasteiger partial charge in [-0.1, -0.05) is 0 Å². The van der Waals surface area contributed by atoms with Gasteiger partial charge in [0.25, 0.3) is 0 Å². The normalized spacial score (nSPS) is 18.0. The Morgan fingerprint density at radius 1 is 1.54 bits per heavy atom. The lowest BCUT2D eigenvalue weighted by atomic mass is 10.1. The molecule has 1 fully saturated rings. The quantitative estimate of drug-likeness (QED) is 0.785. The Kier molecular flexibility index (Phi) is 3.36. The lowest BCUT2D eigenvalue weighted by Crippen LogP contribution is -2.10. The van der Waals surface area contributed by atoms with Crippen LogP contribution in [0.5, 0.6) is 0 Å². The summed E-state index contributed by atoms with van der Waals surface area (Å²) in [5.74, 6) is 2.00. The van der Waals surface area contributed by atoms with Crippen molar-refractivity contribution < 1.29 is 9.52 Å². The molecule has 0 saturated heterocycles. The number of hydrogen-bond acceptors (Lipinski definition) is 3. The zero-order valence-corrected chi connectivity index (χ0v) is 8.09. The second kappa shape index (κ2) is 4.13. The van der Waals surface area contributed by atoms with E-state index in [1.54, 1.807) is 6.07 Å². The van der Waals surface area contributed by atoms with Gasteiger partial charge in [0.15, 0.2) is 0 Å². The topological polar surface area (TPSA) is 59.4 Å². The number of aliphatic hydroxyl groups excluding tert-OH is 1. The van der Waals surface area contributed by atoms with Gasteiger partial charge in [0.1, 0.15) is 18.1 Å². The van der Waals surface area contributed by atoms with Gasteiger partial charge < -0.3 is 15.3 Å². The molecule has 74 valence electrons. The van der Waals surface area contributed by atoms with Crippen LogP contribution in [0.2, 0.25) is 0 Å². The van der Waals surface area contributed by atoms with E-state index in [-0.39, 0.29) is 25.1 Å². The highest BCUT2D eigenvalue weighted by molar-refractivity contribution is 5.85. The lowest BCUT2D eigenvalue weighted by Gasteiger charge is -2.04. The van der Waals surface area contributed by atoms with Gasteiger partial charge >= 0.3 is 0 Å². The Morgan fingerprint density at radius 3 is 2.69 bits per heavy atom. The molecule has 4 heteroatoms. The SMILES string of the molecule is Cl.N[C@H](c1ccc(CO)o1)C1CC1. The van der Waals surface area contributed by atoms with E-state index in [1.807, 2.05) is 6.07 Å². The molecule has 1 heterocycles. The van der Waals surface area contributed by atoms with Gasteiger partial charge in [-0.05, 0) is 30.9 Å². The van der Waals surface area contributed by atoms with E-state index in [9.17, 15) is 0 Å². The molecular formula is C9H14ClNO2. The molecule has 1 atom stereocenters. The molecule has 1 aromatic rings. The minimum atomic E-state index is -0.0443. The van der Waals surface area contributed by atoms with Gasteiger partial charge in [-0.2, -0.15) is 0 Å². The van der Waals surface area contributed by atoms with Crippen LogP contribution in [0.3, 0.4) is 0 Å². The Balaban J connectivity index is 0.000000845. The first-order valence-corrected chi connectivity index (χ1v) is 4.26. The molecule has 0 radical (unpaired) electrons. The fourth-order valence-electron chi connectivity index (χ4n) is 1.35. The molecule has 0 aliphatic heterocycles. The standard InChI is InChI=1S/C9H13NO2.ClH/c10-9(6-1-2-6)8-4-3-7(5-11)12-8;/h3-4,6,9,11H,1-2,5,10H2;1H/t9-;/m0./s1. The summed E-state index contributed by atoms with van der Waals surface area (Å²) in [6, 6.07) is 3.66. The Hall–Kier alpha value is -0.510. The van der Waals surface area contributed by atoms with Crippen molar-refractivity contribution >= 4 is 12.4 Å². The van der Waals surface area contributed by atoms with E-state index in [0.29, 0.717) is 11.7 Å². The highest BCUT2D eigenvalue weighted by atomic mass is 35.5. The molecule has 0 unspecified atom stereocenters. The van der Waals surface area contributed by atoms with Gasteiger partial charge in [0.2, 0.25) is 0 Å². The van der Waals surface area contributed by atoms with Gasteiger partial charge in [0.05, 0.1) is 6.04 Å². The van der Waals surface area contributed by atoms with Crippen LogP contribution >= 0.6 is 12.4 Å². The van der Waals surface area contributed by atoms with Crippen LogP contribution in [0.4, 0.5) is 0 Å². The van der Waals surface area contributed by atoms with Crippen molar-refractivity contribution in [2.75, 3.05) is 0 Å². The van der Waals surface area contributed by atoms with Crippen molar-refractivity contribution in [2.45, 2.75) is 25.5 Å². The summed E-state index contributed by atoms with van der Waals surface area (Å²) >= 11 is 0. The third-order valence-electron chi connectivity index (χ3n) is 2.30. The fraction of sp³-hybridized carbons (Fsp3) is 0.556. The predicted octanol–water partition coefficient (Wildman–Crippen LogP) is 1.60. The average molecular weight is 204 g/mol. The lowest BCUT2D eigenvalue weighted by molar-refractivity contribution is 0.240. The number of rotatable bonds is 3. The van der Waals surface area contributed by atoms with E-state index >= 15 is 0 Å². The average Bonchev–Trinajstić information content (AvgIpc) is 2.82. The van der Waals surface area contributed by atoms with Crippen molar-refractivity contribution in [3.63, 3.8) is 0 Å². The summed E-state index contributed by atoms with van der Waals surface area (Å²) in [6.07, 6.45) is 2.41. The van der Waals surface area contributed by atoms with Crippen molar-refractivity contribution in [3.05, 3.63) is 23.7 Å². The van der Waals surface area contributed by atoms with E-state index < -0.39 is 0 Å². The molecule has 1 aliphatic carbocycles. The number of halogens is 1. The zero-order chi connectivity index (χ0) is 8.55. The maximum Gasteiger partial charge on any atom is 0.129 e. The zero-order valence-electron chi connectivity index (χ0n) is 7.27. The first kappa shape index (κ1) is 10.6. The molecule has 13 heavy (non-hydrogen) atoms. The molecule has 0 spiro atoms. The van der Waals surface area contributed by atoms with E-state index in [1.165, 1.54) is 12.8 Å². The van der Waals surface area contributed by atoms with E-state index in [0.717, 1.165) is 5.76 Å². The molecule has 3 nitrogen and oxygen atoms in total. The molecule has 0 aromatic carbocycles. The third-order valence-corrected chi connectivity index (χ3v) is 2.30. The molecule has 3 N–H and O–H groups in total. The number of nitrogens with two attached hydrogens (primary N) is 1. The minimum Gasteiger partial charge on any atom is -0.462 e. The number of aliphatic hydroxyl groups is 1. The molecule has 0 bridgehead atoms. The summed E-state index contributed by atoms with van der Waals surface area (Å²) in [4.78, 5) is 0. The molecule has 0 amide bonds.